The van der Waals surface area contributed by atoms with Crippen molar-refractivity contribution in [2.75, 3.05) is 13.2 Å². The molecule has 0 saturated carbocycles. The Balaban J connectivity index is 4.36. The van der Waals surface area contributed by atoms with E-state index in [1.54, 1.807) is 0 Å². The third-order valence-corrected chi connectivity index (χ3v) is 11.8. The van der Waals surface area contributed by atoms with Gasteiger partial charge in [-0.1, -0.05) is 240 Å². The minimum Gasteiger partial charge on any atom is -0.462 e. The summed E-state index contributed by atoms with van der Waals surface area (Å²) in [6.45, 7) is 6.45. The number of hydrogen-bond donors (Lipinski definition) is 0. The molecule has 0 fully saturated rings. The minimum atomic E-state index is -0.800. The van der Waals surface area contributed by atoms with Crippen LogP contribution < -0.4 is 0 Å². The van der Waals surface area contributed by atoms with Crippen LogP contribution in [0.4, 0.5) is 0 Å². The highest BCUT2D eigenvalue weighted by molar-refractivity contribution is 5.71. The average Bonchev–Trinajstić information content (AvgIpc) is 3.34. The Bertz CT molecular complexity index is 1360. The van der Waals surface area contributed by atoms with Gasteiger partial charge in [-0.3, -0.25) is 14.4 Å². The summed E-state index contributed by atoms with van der Waals surface area (Å²) in [4.78, 5) is 38.0. The monoisotopic (exact) mass is 945 g/mol. The summed E-state index contributed by atoms with van der Waals surface area (Å²) in [7, 11) is 0. The van der Waals surface area contributed by atoms with Crippen LogP contribution in [0, 0.1) is 0 Å². The third-order valence-electron chi connectivity index (χ3n) is 11.8. The van der Waals surface area contributed by atoms with Crippen molar-refractivity contribution in [1.29, 1.82) is 0 Å². The Morgan fingerprint density at radius 3 is 0.971 bits per heavy atom. The molecule has 6 nitrogen and oxygen atoms in total. The van der Waals surface area contributed by atoms with E-state index >= 15 is 0 Å². The molecule has 0 aliphatic heterocycles. The smallest absolute Gasteiger partial charge is 0.306 e. The molecule has 0 amide bonds. The molecule has 0 aromatic heterocycles. The first kappa shape index (κ1) is 64.3. The average molecular weight is 946 g/mol. The first-order valence-electron chi connectivity index (χ1n) is 28.2. The molecule has 0 N–H and O–H groups in total. The van der Waals surface area contributed by atoms with Gasteiger partial charge < -0.3 is 14.2 Å². The van der Waals surface area contributed by atoms with E-state index in [1.165, 1.54) is 122 Å². The predicted molar refractivity (Wildman–Crippen MR) is 293 cm³/mol. The van der Waals surface area contributed by atoms with Crippen LogP contribution in [-0.2, 0) is 28.6 Å². The first-order chi connectivity index (χ1) is 33.5. The van der Waals surface area contributed by atoms with E-state index in [-0.39, 0.29) is 37.5 Å². The van der Waals surface area contributed by atoms with Crippen molar-refractivity contribution < 1.29 is 28.6 Å². The van der Waals surface area contributed by atoms with E-state index in [9.17, 15) is 14.4 Å². The number of rotatable bonds is 50. The Morgan fingerprint density at radius 1 is 0.309 bits per heavy atom. The molecule has 1 atom stereocenters. The van der Waals surface area contributed by atoms with Gasteiger partial charge >= 0.3 is 17.9 Å². The molecular formula is C62H104O6. The summed E-state index contributed by atoms with van der Waals surface area (Å²) in [5.41, 5.74) is 0. The minimum absolute atomic E-state index is 0.0955. The Kier molecular flexibility index (Phi) is 52.9. The number of ether oxygens (including phenoxy) is 3. The summed E-state index contributed by atoms with van der Waals surface area (Å²) in [6.07, 6.45) is 74.1. The Hall–Kier alpha value is -3.67. The molecule has 0 spiro atoms. The molecule has 0 aliphatic carbocycles. The maximum absolute atomic E-state index is 12.8. The summed E-state index contributed by atoms with van der Waals surface area (Å²) >= 11 is 0. The van der Waals surface area contributed by atoms with Crippen LogP contribution in [0.3, 0.4) is 0 Å². The zero-order valence-corrected chi connectivity index (χ0v) is 44.3. The number of esters is 3. The van der Waals surface area contributed by atoms with Crippen LogP contribution in [-0.4, -0.2) is 37.2 Å². The zero-order chi connectivity index (χ0) is 49.3. The lowest BCUT2D eigenvalue weighted by Gasteiger charge is -2.18. The molecule has 0 aromatic rings. The van der Waals surface area contributed by atoms with E-state index < -0.39 is 6.10 Å². The SMILES string of the molecule is CC/C=C\C/C=C\C/C=C\C/C=C\C/C=C\C/C=C\C/C=C\CCCC(=O)OCC(COC(=O)CCCCCCCCCC)OC(=O)CCCCCCCCCCC/C=C\CCCCCCCC. The Labute approximate surface area is 419 Å². The lowest BCUT2D eigenvalue weighted by molar-refractivity contribution is -0.167. The van der Waals surface area contributed by atoms with Crippen molar-refractivity contribution in [3.05, 3.63) is 97.2 Å². The molecular weight excluding hydrogens is 841 g/mol. The number of carbonyl (C=O) groups is 3. The molecule has 0 rings (SSSR count). The van der Waals surface area contributed by atoms with Crippen LogP contribution in [0.1, 0.15) is 258 Å². The van der Waals surface area contributed by atoms with Gasteiger partial charge in [0, 0.05) is 19.3 Å². The fraction of sp³-hybridized carbons (Fsp3) is 0.694. The molecule has 0 radical (unpaired) electrons. The molecule has 0 bridgehead atoms. The van der Waals surface area contributed by atoms with Gasteiger partial charge in [-0.25, -0.2) is 0 Å². The molecule has 0 aromatic carbocycles. The van der Waals surface area contributed by atoms with Crippen molar-refractivity contribution in [1.82, 2.24) is 0 Å². The van der Waals surface area contributed by atoms with Gasteiger partial charge in [-0.15, -0.1) is 0 Å². The van der Waals surface area contributed by atoms with E-state index in [2.05, 4.69) is 118 Å². The highest BCUT2D eigenvalue weighted by Crippen LogP contribution is 2.15. The van der Waals surface area contributed by atoms with Crippen molar-refractivity contribution in [3.8, 4) is 0 Å². The third kappa shape index (κ3) is 53.3. The second-order valence-electron chi connectivity index (χ2n) is 18.5. The van der Waals surface area contributed by atoms with Crippen LogP contribution >= 0.6 is 0 Å². The van der Waals surface area contributed by atoms with Gasteiger partial charge in [-0.2, -0.15) is 0 Å². The van der Waals surface area contributed by atoms with Crippen LogP contribution in [0.25, 0.3) is 0 Å². The largest absolute Gasteiger partial charge is 0.462 e. The number of hydrogen-bond acceptors (Lipinski definition) is 6. The van der Waals surface area contributed by atoms with Crippen LogP contribution in [0.2, 0.25) is 0 Å². The lowest BCUT2D eigenvalue weighted by atomic mass is 10.1. The lowest BCUT2D eigenvalue weighted by Crippen LogP contribution is -2.30. The van der Waals surface area contributed by atoms with Gasteiger partial charge in [0.15, 0.2) is 6.10 Å². The molecule has 6 heteroatoms. The maximum Gasteiger partial charge on any atom is 0.306 e. The first-order valence-corrected chi connectivity index (χ1v) is 28.2. The van der Waals surface area contributed by atoms with E-state index in [4.69, 9.17) is 14.2 Å². The van der Waals surface area contributed by atoms with Gasteiger partial charge in [0.25, 0.3) is 0 Å². The molecule has 0 aliphatic rings. The van der Waals surface area contributed by atoms with Crippen molar-refractivity contribution in [2.24, 2.45) is 0 Å². The predicted octanol–water partition coefficient (Wildman–Crippen LogP) is 18.9. The fourth-order valence-electron chi connectivity index (χ4n) is 7.60. The second-order valence-corrected chi connectivity index (χ2v) is 18.5. The Morgan fingerprint density at radius 2 is 0.588 bits per heavy atom. The zero-order valence-electron chi connectivity index (χ0n) is 44.3. The molecule has 388 valence electrons. The highest BCUT2D eigenvalue weighted by atomic mass is 16.6. The maximum atomic E-state index is 12.8. The number of unbranched alkanes of at least 4 members (excludes halogenated alkanes) is 23. The van der Waals surface area contributed by atoms with Crippen LogP contribution in [0.15, 0.2) is 97.2 Å². The van der Waals surface area contributed by atoms with E-state index in [0.717, 1.165) is 89.9 Å². The summed E-state index contributed by atoms with van der Waals surface area (Å²) in [5, 5.41) is 0. The fourth-order valence-corrected chi connectivity index (χ4v) is 7.60. The van der Waals surface area contributed by atoms with E-state index in [0.29, 0.717) is 19.3 Å². The molecule has 68 heavy (non-hydrogen) atoms. The highest BCUT2D eigenvalue weighted by Gasteiger charge is 2.19. The normalized spacial score (nSPS) is 12.8. The number of carbonyl (C=O) groups excluding carboxylic acids is 3. The number of allylic oxidation sites excluding steroid dienone is 16. The summed E-state index contributed by atoms with van der Waals surface area (Å²) in [6, 6.07) is 0. The van der Waals surface area contributed by atoms with Gasteiger partial charge in [0.2, 0.25) is 0 Å². The van der Waals surface area contributed by atoms with Crippen molar-refractivity contribution in [2.45, 2.75) is 264 Å². The van der Waals surface area contributed by atoms with Gasteiger partial charge in [0.1, 0.15) is 13.2 Å². The summed E-state index contributed by atoms with van der Waals surface area (Å²) < 4.78 is 16.7. The van der Waals surface area contributed by atoms with Gasteiger partial charge in [0.05, 0.1) is 0 Å². The molecule has 0 saturated heterocycles. The summed E-state index contributed by atoms with van der Waals surface area (Å²) in [5.74, 6) is -0.963. The quantitative estimate of drug-likeness (QED) is 0.0262. The van der Waals surface area contributed by atoms with Crippen LogP contribution in [0.5, 0.6) is 0 Å². The molecule has 0 heterocycles. The van der Waals surface area contributed by atoms with Crippen molar-refractivity contribution in [3.63, 3.8) is 0 Å². The topological polar surface area (TPSA) is 78.9 Å². The second kappa shape index (κ2) is 55.9. The standard InChI is InChI=1S/C62H104O6/c1-4-7-10-13-16-19-21-23-25-27-29-30-31-32-34-35-37-39-41-43-46-49-52-55-61(64)67-58-59(57-66-60(63)54-51-48-45-18-15-12-9-6-3)68-62(65)56-53-50-47-44-42-40-38-36-33-28-26-24-22-20-17-14-11-8-5-2/h7,10,16,19,23-26,29-30,32,34,37,39,43,46,59H,4-6,8-9,11-15,17-18,20-22,27-28,31,33,35-36,38,40-42,44-45,47-58H2,1-3H3/b10-7-,19-16-,25-23-,26-24-,30-29-,34-32-,39-37-,46-43-. The molecule has 1 unspecified atom stereocenters. The van der Waals surface area contributed by atoms with E-state index in [1.807, 2.05) is 0 Å². The van der Waals surface area contributed by atoms with Gasteiger partial charge in [-0.05, 0) is 96.3 Å². The van der Waals surface area contributed by atoms with Crippen molar-refractivity contribution >= 4 is 17.9 Å².